The zero-order valence-corrected chi connectivity index (χ0v) is 14.4. The molecule has 2 amide bonds. The summed E-state index contributed by atoms with van der Waals surface area (Å²) in [7, 11) is 0. The maximum absolute atomic E-state index is 12.4. The molecule has 132 valence electrons. The Morgan fingerprint density at radius 2 is 1.76 bits per heavy atom. The number of aromatic nitrogens is 1. The van der Waals surface area contributed by atoms with Gasteiger partial charge in [-0.15, -0.1) is 0 Å². The van der Waals surface area contributed by atoms with Gasteiger partial charge in [-0.1, -0.05) is 0 Å². The summed E-state index contributed by atoms with van der Waals surface area (Å²) in [5.74, 6) is -0.0753. The van der Waals surface area contributed by atoms with Crippen LogP contribution in [0.2, 0.25) is 0 Å². The van der Waals surface area contributed by atoms with Gasteiger partial charge in [0.2, 0.25) is 0 Å². The second-order valence-electron chi connectivity index (χ2n) is 6.07. The molecule has 2 aromatic rings. The minimum atomic E-state index is -0.270. The topological polar surface area (TPSA) is 63.6 Å². The first-order valence-corrected chi connectivity index (χ1v) is 8.63. The molecule has 1 aliphatic rings. The first-order valence-electron chi connectivity index (χ1n) is 8.63. The summed E-state index contributed by atoms with van der Waals surface area (Å²) in [6.07, 6.45) is 5.14. The molecule has 0 bridgehead atoms. The van der Waals surface area contributed by atoms with Crippen LogP contribution in [0.4, 0.5) is 4.79 Å². The van der Waals surface area contributed by atoms with Gasteiger partial charge in [0.25, 0.3) is 5.91 Å². The number of nitrogens with one attached hydrogen (secondary N) is 1. The van der Waals surface area contributed by atoms with Crippen LogP contribution in [0.3, 0.4) is 0 Å². The zero-order valence-electron chi connectivity index (χ0n) is 14.4. The second-order valence-corrected chi connectivity index (χ2v) is 6.07. The number of nitrogens with zero attached hydrogens (tertiary/aromatic N) is 2. The highest BCUT2D eigenvalue weighted by Gasteiger charge is 2.24. The molecule has 6 nitrogen and oxygen atoms in total. The lowest BCUT2D eigenvalue weighted by Crippen LogP contribution is -2.46. The molecule has 25 heavy (non-hydrogen) atoms. The number of carbonyl (C=O) groups excluding carboxylic acids is 2. The Morgan fingerprint density at radius 3 is 2.36 bits per heavy atom. The summed E-state index contributed by atoms with van der Waals surface area (Å²) >= 11 is 0. The minimum Gasteiger partial charge on any atom is -0.450 e. The molecule has 1 saturated heterocycles. The molecule has 0 unspecified atom stereocenters. The quantitative estimate of drug-likeness (QED) is 0.930. The van der Waals surface area contributed by atoms with E-state index in [0.717, 1.165) is 18.5 Å². The van der Waals surface area contributed by atoms with Crippen LogP contribution in [0.25, 0.3) is 5.69 Å². The number of hydrogen-bond donors (Lipinski definition) is 1. The smallest absolute Gasteiger partial charge is 0.409 e. The van der Waals surface area contributed by atoms with Crippen molar-refractivity contribution in [1.29, 1.82) is 0 Å². The molecule has 3 rings (SSSR count). The lowest BCUT2D eigenvalue weighted by Gasteiger charge is -2.31. The Bertz CT molecular complexity index is 702. The Labute approximate surface area is 147 Å². The fourth-order valence-electron chi connectivity index (χ4n) is 2.98. The summed E-state index contributed by atoms with van der Waals surface area (Å²) in [4.78, 5) is 25.8. The standard InChI is InChI=1S/C19H23N3O3/c1-2-25-19(24)22-13-9-16(10-14-22)20-18(23)15-5-7-17(8-6-15)21-11-3-4-12-21/h3-8,11-12,16H,2,9-10,13-14H2,1H3,(H,20,23). The fourth-order valence-corrected chi connectivity index (χ4v) is 2.98. The van der Waals surface area contributed by atoms with Crippen molar-refractivity contribution >= 4 is 12.0 Å². The van der Waals surface area contributed by atoms with Gasteiger partial charge in [-0.25, -0.2) is 4.79 Å². The van der Waals surface area contributed by atoms with Crippen LogP contribution in [0.1, 0.15) is 30.1 Å². The predicted molar refractivity (Wildman–Crippen MR) is 94.9 cm³/mol. The molecule has 1 N–H and O–H groups in total. The van der Waals surface area contributed by atoms with Gasteiger partial charge in [0.15, 0.2) is 0 Å². The molecule has 6 heteroatoms. The largest absolute Gasteiger partial charge is 0.450 e. The van der Waals surface area contributed by atoms with Crippen molar-refractivity contribution in [2.24, 2.45) is 0 Å². The SMILES string of the molecule is CCOC(=O)N1CCC(NC(=O)c2ccc(-n3cccc3)cc2)CC1. The number of piperidine rings is 1. The van der Waals surface area contributed by atoms with Crippen molar-refractivity contribution < 1.29 is 14.3 Å². The van der Waals surface area contributed by atoms with E-state index >= 15 is 0 Å². The molecule has 2 heterocycles. The van der Waals surface area contributed by atoms with Crippen molar-refractivity contribution in [2.75, 3.05) is 19.7 Å². The van der Waals surface area contributed by atoms with Crippen LogP contribution in [0, 0.1) is 0 Å². The maximum atomic E-state index is 12.4. The number of amides is 2. The van der Waals surface area contributed by atoms with Crippen molar-refractivity contribution in [3.63, 3.8) is 0 Å². The Hall–Kier alpha value is -2.76. The molecule has 0 saturated carbocycles. The third-order valence-corrected chi connectivity index (χ3v) is 4.39. The molecule has 0 aliphatic carbocycles. The van der Waals surface area contributed by atoms with Gasteiger partial charge in [0, 0.05) is 42.8 Å². The summed E-state index contributed by atoms with van der Waals surface area (Å²) in [5, 5.41) is 3.06. The van der Waals surface area contributed by atoms with Crippen molar-refractivity contribution in [3.8, 4) is 5.69 Å². The second kappa shape index (κ2) is 7.88. The maximum Gasteiger partial charge on any atom is 0.409 e. The molecule has 1 aromatic heterocycles. The highest BCUT2D eigenvalue weighted by molar-refractivity contribution is 5.94. The predicted octanol–water partition coefficient (Wildman–Crippen LogP) is 2.83. The van der Waals surface area contributed by atoms with Crippen LogP contribution < -0.4 is 5.32 Å². The number of carbonyl (C=O) groups is 2. The molecule has 0 radical (unpaired) electrons. The fraction of sp³-hybridized carbons (Fsp3) is 0.368. The monoisotopic (exact) mass is 341 g/mol. The highest BCUT2D eigenvalue weighted by Crippen LogP contribution is 2.14. The number of rotatable bonds is 4. The van der Waals surface area contributed by atoms with Gasteiger partial charge in [-0.05, 0) is 56.2 Å². The van der Waals surface area contributed by atoms with E-state index in [1.54, 1.807) is 11.8 Å². The highest BCUT2D eigenvalue weighted by atomic mass is 16.6. The van der Waals surface area contributed by atoms with Gasteiger partial charge in [0.1, 0.15) is 0 Å². The van der Waals surface area contributed by atoms with E-state index < -0.39 is 0 Å². The van der Waals surface area contributed by atoms with E-state index in [1.807, 2.05) is 53.4 Å². The van der Waals surface area contributed by atoms with Crippen molar-refractivity contribution in [3.05, 3.63) is 54.4 Å². The molecule has 0 spiro atoms. The minimum absolute atomic E-state index is 0.0753. The molecular weight excluding hydrogens is 318 g/mol. The summed E-state index contributed by atoms with van der Waals surface area (Å²) in [6, 6.07) is 11.5. The summed E-state index contributed by atoms with van der Waals surface area (Å²) < 4.78 is 7.00. The van der Waals surface area contributed by atoms with E-state index in [4.69, 9.17) is 4.74 Å². The lowest BCUT2D eigenvalue weighted by atomic mass is 10.0. The molecule has 0 atom stereocenters. The van der Waals surface area contributed by atoms with Gasteiger partial charge in [0.05, 0.1) is 6.61 Å². The van der Waals surface area contributed by atoms with Gasteiger partial charge < -0.3 is 19.5 Å². The number of hydrogen-bond acceptors (Lipinski definition) is 3. The van der Waals surface area contributed by atoms with Crippen LogP contribution in [0.5, 0.6) is 0 Å². The van der Waals surface area contributed by atoms with E-state index in [1.165, 1.54) is 0 Å². The van der Waals surface area contributed by atoms with Crippen LogP contribution in [-0.4, -0.2) is 47.2 Å². The molecule has 1 aliphatic heterocycles. The number of benzene rings is 1. The van der Waals surface area contributed by atoms with E-state index in [-0.39, 0.29) is 18.0 Å². The first-order chi connectivity index (χ1) is 12.2. The van der Waals surface area contributed by atoms with Crippen molar-refractivity contribution in [1.82, 2.24) is 14.8 Å². The Balaban J connectivity index is 1.52. The van der Waals surface area contributed by atoms with E-state index in [9.17, 15) is 9.59 Å². The average Bonchev–Trinajstić information content (AvgIpc) is 3.17. The van der Waals surface area contributed by atoms with E-state index in [2.05, 4.69) is 5.32 Å². The lowest BCUT2D eigenvalue weighted by molar-refractivity contribution is 0.0860. The third-order valence-electron chi connectivity index (χ3n) is 4.39. The van der Waals surface area contributed by atoms with Crippen molar-refractivity contribution in [2.45, 2.75) is 25.8 Å². The summed E-state index contributed by atoms with van der Waals surface area (Å²) in [5.41, 5.74) is 1.66. The summed E-state index contributed by atoms with van der Waals surface area (Å²) in [6.45, 7) is 3.40. The third kappa shape index (κ3) is 4.21. The van der Waals surface area contributed by atoms with Gasteiger partial charge in [-0.2, -0.15) is 0 Å². The average molecular weight is 341 g/mol. The molecular formula is C19H23N3O3. The molecule has 1 fully saturated rings. The van der Waals surface area contributed by atoms with Crippen LogP contribution in [0.15, 0.2) is 48.8 Å². The molecule has 1 aromatic carbocycles. The Morgan fingerprint density at radius 1 is 1.12 bits per heavy atom. The van der Waals surface area contributed by atoms with Gasteiger partial charge in [-0.3, -0.25) is 4.79 Å². The number of ether oxygens (including phenoxy) is 1. The van der Waals surface area contributed by atoms with E-state index in [0.29, 0.717) is 25.3 Å². The number of likely N-dealkylation sites (tertiary alicyclic amines) is 1. The first kappa shape index (κ1) is 17.1. The normalized spacial score (nSPS) is 15.0. The van der Waals surface area contributed by atoms with Crippen LogP contribution >= 0.6 is 0 Å². The van der Waals surface area contributed by atoms with Gasteiger partial charge >= 0.3 is 6.09 Å². The Kier molecular flexibility index (Phi) is 5.38. The van der Waals surface area contributed by atoms with Crippen LogP contribution in [-0.2, 0) is 4.74 Å². The zero-order chi connectivity index (χ0) is 17.6.